The van der Waals surface area contributed by atoms with E-state index in [0.29, 0.717) is 58.4 Å². The van der Waals surface area contributed by atoms with Crippen LogP contribution in [0.25, 0.3) is 22.1 Å². The van der Waals surface area contributed by atoms with Crippen LogP contribution in [0.3, 0.4) is 0 Å². The molecule has 4 N–H and O–H groups in total. The van der Waals surface area contributed by atoms with Gasteiger partial charge in [0.05, 0.1) is 78.2 Å². The number of ether oxygens (including phenoxy) is 4. The molecule has 5 amide bonds. The molecular formula is C46H60N8O9. The third-order valence-corrected chi connectivity index (χ3v) is 9.90. The number of azide groups is 1. The molecule has 0 unspecified atom stereocenters. The Hall–Kier alpha value is -6.10. The van der Waals surface area contributed by atoms with E-state index in [1.54, 1.807) is 43.0 Å². The van der Waals surface area contributed by atoms with Gasteiger partial charge in [0.2, 0.25) is 29.5 Å². The van der Waals surface area contributed by atoms with Crippen molar-refractivity contribution in [3.8, 4) is 0 Å². The summed E-state index contributed by atoms with van der Waals surface area (Å²) >= 11 is 0. The maximum absolute atomic E-state index is 13.5. The summed E-state index contributed by atoms with van der Waals surface area (Å²) in [5.41, 5.74) is 14.9. The van der Waals surface area contributed by atoms with Gasteiger partial charge >= 0.3 is 0 Å². The lowest BCUT2D eigenvalue weighted by molar-refractivity contribution is -0.131. The van der Waals surface area contributed by atoms with Gasteiger partial charge in [-0.15, -0.1) is 0 Å². The number of fused-ring (bicyclic) bond motifs is 2. The van der Waals surface area contributed by atoms with Gasteiger partial charge in [0.15, 0.2) is 0 Å². The highest BCUT2D eigenvalue weighted by Gasteiger charge is 2.25. The average Bonchev–Trinajstić information content (AvgIpc) is 3.28. The number of hydrogen-bond acceptors (Lipinski definition) is 10. The minimum absolute atomic E-state index is 0.0428. The van der Waals surface area contributed by atoms with Gasteiger partial charge in [-0.2, -0.15) is 0 Å². The fraction of sp³-hybridized carbons (Fsp3) is 0.457. The van der Waals surface area contributed by atoms with Crippen molar-refractivity contribution in [2.45, 2.75) is 65.6 Å². The number of rotatable bonds is 27. The molecule has 0 spiro atoms. The molecule has 0 saturated heterocycles. The van der Waals surface area contributed by atoms with Gasteiger partial charge in [0.1, 0.15) is 6.04 Å². The molecule has 0 bridgehead atoms. The van der Waals surface area contributed by atoms with Crippen LogP contribution in [0.2, 0.25) is 0 Å². The van der Waals surface area contributed by atoms with Gasteiger partial charge in [-0.1, -0.05) is 86.6 Å². The highest BCUT2D eigenvalue weighted by atomic mass is 16.6. The predicted octanol–water partition coefficient (Wildman–Crippen LogP) is 5.54. The lowest BCUT2D eigenvalue weighted by atomic mass is 9.93. The Morgan fingerprint density at radius 2 is 1.40 bits per heavy atom. The van der Waals surface area contributed by atoms with E-state index in [9.17, 15) is 24.0 Å². The molecule has 1 atom stereocenters. The summed E-state index contributed by atoms with van der Waals surface area (Å²) in [5.74, 6) is -1.82. The van der Waals surface area contributed by atoms with E-state index in [0.717, 1.165) is 39.9 Å². The summed E-state index contributed by atoms with van der Waals surface area (Å²) < 4.78 is 22.1. The second kappa shape index (κ2) is 27.8. The minimum Gasteiger partial charge on any atom is -0.379 e. The van der Waals surface area contributed by atoms with E-state index in [1.165, 1.54) is 0 Å². The molecule has 0 aliphatic carbocycles. The molecule has 1 heterocycles. The van der Waals surface area contributed by atoms with Gasteiger partial charge < -0.3 is 45.1 Å². The van der Waals surface area contributed by atoms with Gasteiger partial charge in [-0.3, -0.25) is 24.0 Å². The zero-order valence-electron chi connectivity index (χ0n) is 36.4. The van der Waals surface area contributed by atoms with Gasteiger partial charge in [0.25, 0.3) is 0 Å². The molecule has 0 saturated carbocycles. The maximum atomic E-state index is 13.5. The first-order valence-corrected chi connectivity index (χ1v) is 21.3. The molecule has 3 aromatic rings. The van der Waals surface area contributed by atoms with Crippen molar-refractivity contribution in [2.24, 2.45) is 11.0 Å². The van der Waals surface area contributed by atoms with Gasteiger partial charge in [-0.05, 0) is 58.3 Å². The topological polar surface area (TPSA) is 222 Å². The summed E-state index contributed by atoms with van der Waals surface area (Å²) in [6, 6.07) is 22.0. The lowest BCUT2D eigenvalue weighted by Crippen LogP contribution is -2.51. The van der Waals surface area contributed by atoms with Crippen LogP contribution < -0.4 is 26.2 Å². The van der Waals surface area contributed by atoms with Crippen LogP contribution in [0.15, 0.2) is 77.9 Å². The van der Waals surface area contributed by atoms with Crippen molar-refractivity contribution < 1.29 is 42.9 Å². The lowest BCUT2D eigenvalue weighted by Gasteiger charge is -2.29. The SMILES string of the molecule is CC/C1=C/c2ccccc2CN(C(=O)CCC(=O)NCCOCCOCCOCCOCCC(=O)N[C@H](C(=O)NCC(=O)Nc2ccc(CN=[N+]=[N-])cc2)C(C)C)c2ccccc21. The third kappa shape index (κ3) is 17.7. The normalized spacial score (nSPS) is 13.2. The number of amides is 5. The van der Waals surface area contributed by atoms with Crippen LogP contribution in [0.5, 0.6) is 0 Å². The number of hydrogen-bond donors (Lipinski definition) is 4. The number of para-hydroxylation sites is 1. The van der Waals surface area contributed by atoms with Crippen molar-refractivity contribution in [3.05, 3.63) is 105 Å². The number of nitrogens with one attached hydrogen (secondary N) is 4. The summed E-state index contributed by atoms with van der Waals surface area (Å²) in [6.45, 7) is 8.78. The highest BCUT2D eigenvalue weighted by Crippen LogP contribution is 2.35. The Kier molecular flexibility index (Phi) is 21.8. The van der Waals surface area contributed by atoms with Crippen LogP contribution >= 0.6 is 0 Å². The average molecular weight is 869 g/mol. The fourth-order valence-electron chi connectivity index (χ4n) is 6.54. The van der Waals surface area contributed by atoms with Crippen LogP contribution in [0.1, 0.15) is 68.7 Å². The van der Waals surface area contributed by atoms with Crippen LogP contribution in [0, 0.1) is 5.92 Å². The third-order valence-electron chi connectivity index (χ3n) is 9.90. The highest BCUT2D eigenvalue weighted by molar-refractivity contribution is 6.00. The second-order valence-corrected chi connectivity index (χ2v) is 14.9. The first kappa shape index (κ1) is 49.6. The van der Waals surface area contributed by atoms with E-state index in [1.807, 2.05) is 42.5 Å². The molecule has 17 heteroatoms. The molecule has 0 fully saturated rings. The molecule has 338 valence electrons. The smallest absolute Gasteiger partial charge is 0.243 e. The monoisotopic (exact) mass is 868 g/mol. The summed E-state index contributed by atoms with van der Waals surface area (Å²) in [4.78, 5) is 68.3. The molecule has 4 rings (SSSR count). The molecule has 0 aromatic heterocycles. The zero-order valence-corrected chi connectivity index (χ0v) is 36.4. The second-order valence-electron chi connectivity index (χ2n) is 14.9. The molecule has 1 aliphatic rings. The summed E-state index contributed by atoms with van der Waals surface area (Å²) in [7, 11) is 0. The Labute approximate surface area is 368 Å². The Morgan fingerprint density at radius 1 is 0.746 bits per heavy atom. The number of benzene rings is 3. The van der Waals surface area contributed by atoms with E-state index >= 15 is 0 Å². The summed E-state index contributed by atoms with van der Waals surface area (Å²) in [6.07, 6.45) is 3.23. The zero-order chi connectivity index (χ0) is 45.2. The van der Waals surface area contributed by atoms with E-state index in [2.05, 4.69) is 50.4 Å². The Morgan fingerprint density at radius 3 is 2.08 bits per heavy atom. The van der Waals surface area contributed by atoms with Crippen molar-refractivity contribution in [3.63, 3.8) is 0 Å². The molecule has 0 radical (unpaired) electrons. The van der Waals surface area contributed by atoms with Crippen molar-refractivity contribution >= 4 is 52.6 Å². The molecule has 17 nitrogen and oxygen atoms in total. The number of nitrogens with zero attached hydrogens (tertiary/aromatic N) is 4. The number of carbonyl (C=O) groups excluding carboxylic acids is 5. The summed E-state index contributed by atoms with van der Waals surface area (Å²) in [5, 5.41) is 14.3. The van der Waals surface area contributed by atoms with Crippen molar-refractivity contribution in [1.82, 2.24) is 16.0 Å². The first-order valence-electron chi connectivity index (χ1n) is 21.3. The minimum atomic E-state index is -0.833. The van der Waals surface area contributed by atoms with Crippen LogP contribution in [0.4, 0.5) is 11.4 Å². The Bertz CT molecular complexity index is 2040. The largest absolute Gasteiger partial charge is 0.379 e. The molecule has 63 heavy (non-hydrogen) atoms. The van der Waals surface area contributed by atoms with Gasteiger partial charge in [0, 0.05) is 42.0 Å². The van der Waals surface area contributed by atoms with Gasteiger partial charge in [-0.25, -0.2) is 0 Å². The Balaban J connectivity index is 0.975. The van der Waals surface area contributed by atoms with Crippen molar-refractivity contribution in [2.75, 3.05) is 76.2 Å². The number of allylic oxidation sites excluding steroid dienone is 1. The molecule has 1 aliphatic heterocycles. The van der Waals surface area contributed by atoms with Crippen LogP contribution in [-0.2, 0) is 56.0 Å². The molecular weight excluding hydrogens is 809 g/mol. The fourth-order valence-corrected chi connectivity index (χ4v) is 6.54. The van der Waals surface area contributed by atoms with E-state index in [4.69, 9.17) is 24.5 Å². The molecule has 3 aromatic carbocycles. The predicted molar refractivity (Wildman–Crippen MR) is 240 cm³/mol. The van der Waals surface area contributed by atoms with Crippen molar-refractivity contribution in [1.29, 1.82) is 0 Å². The number of anilines is 2. The standard InChI is InChI=1S/C46H60N8O9/c1-4-35-29-36-9-5-6-10-37(36)32-54(40-12-8-7-11-39(35)40)44(58)18-17-41(55)48-20-22-61-24-26-63-28-27-62-25-23-60-21-19-42(56)52-45(33(2)3)46(59)49-31-43(57)51-38-15-13-34(14-16-38)30-50-53-47/h5-16,29,33,45H,4,17-28,30-32H2,1-3H3,(H,48,55)(H,49,59)(H,51,57)(H,52,56)/b35-29-/t45-/m0/s1. The quantitative estimate of drug-likeness (QED) is 0.0326. The maximum Gasteiger partial charge on any atom is 0.243 e. The number of carbonyl (C=O) groups is 5. The first-order chi connectivity index (χ1) is 30.6. The van der Waals surface area contributed by atoms with E-state index < -0.39 is 17.9 Å². The van der Waals surface area contributed by atoms with E-state index in [-0.39, 0.29) is 69.2 Å². The van der Waals surface area contributed by atoms with Crippen LogP contribution in [-0.4, -0.2) is 102 Å².